The van der Waals surface area contributed by atoms with Crippen LogP contribution in [0, 0.1) is 5.82 Å². The van der Waals surface area contributed by atoms with Crippen LogP contribution in [0.25, 0.3) is 0 Å². The molecule has 0 bridgehead atoms. The number of esters is 1. The van der Waals surface area contributed by atoms with E-state index < -0.39 is 34.3 Å². The highest BCUT2D eigenvalue weighted by Crippen LogP contribution is 2.18. The molecule has 1 heterocycles. The molecule has 146 valence electrons. The maximum absolute atomic E-state index is 13.3. The summed E-state index contributed by atoms with van der Waals surface area (Å²) >= 11 is 0. The second-order valence-electron chi connectivity index (χ2n) is 5.73. The summed E-state index contributed by atoms with van der Waals surface area (Å²) in [5.41, 5.74) is 0. The van der Waals surface area contributed by atoms with Crippen LogP contribution in [0.2, 0.25) is 0 Å². The lowest BCUT2D eigenvalue weighted by Crippen LogP contribution is -2.51. The lowest BCUT2D eigenvalue weighted by atomic mass is 10.3. The molecule has 0 N–H and O–H groups in total. The number of carbonyl (C=O) groups is 2. The van der Waals surface area contributed by atoms with Crippen LogP contribution < -0.4 is 0 Å². The van der Waals surface area contributed by atoms with Gasteiger partial charge in [-0.3, -0.25) is 4.79 Å². The summed E-state index contributed by atoms with van der Waals surface area (Å²) in [5, 5.41) is 0. The highest BCUT2D eigenvalue weighted by atomic mass is 32.2. The average molecular weight is 396 g/mol. The molecule has 0 aromatic heterocycles. The smallest absolute Gasteiger partial charge is 0.331 e. The maximum Gasteiger partial charge on any atom is 0.331 e. The van der Waals surface area contributed by atoms with Gasteiger partial charge in [0.2, 0.25) is 10.0 Å². The molecule has 2 rings (SSSR count). The van der Waals surface area contributed by atoms with Crippen LogP contribution in [0.15, 0.2) is 53.5 Å². The number of hydrogen-bond acceptors (Lipinski definition) is 5. The van der Waals surface area contributed by atoms with Gasteiger partial charge in [-0.1, -0.05) is 24.3 Å². The first kappa shape index (κ1) is 20.8. The molecule has 1 aliphatic rings. The Kier molecular flexibility index (Phi) is 7.26. The minimum Gasteiger partial charge on any atom is -0.452 e. The van der Waals surface area contributed by atoms with Gasteiger partial charge in [0.15, 0.2) is 6.61 Å². The molecule has 1 aliphatic heterocycles. The largest absolute Gasteiger partial charge is 0.452 e. The van der Waals surface area contributed by atoms with Crippen LogP contribution in [0.5, 0.6) is 0 Å². The SMILES string of the molecule is C/C=C/C=C/C(=O)OCC(=O)N1CCN(S(=O)(=O)c2cccc(F)c2)CC1. The Bertz CT molecular complexity index is 843. The Labute approximate surface area is 157 Å². The van der Waals surface area contributed by atoms with Crippen LogP contribution in [0.3, 0.4) is 0 Å². The zero-order valence-corrected chi connectivity index (χ0v) is 15.7. The molecule has 0 spiro atoms. The molecule has 0 atom stereocenters. The fourth-order valence-electron chi connectivity index (χ4n) is 2.47. The van der Waals surface area contributed by atoms with Gasteiger partial charge in [-0.2, -0.15) is 4.31 Å². The number of allylic oxidation sites excluding steroid dienone is 3. The van der Waals surface area contributed by atoms with E-state index >= 15 is 0 Å². The van der Waals surface area contributed by atoms with Gasteiger partial charge in [0.05, 0.1) is 4.90 Å². The molecular weight excluding hydrogens is 375 g/mol. The Morgan fingerprint density at radius 3 is 2.52 bits per heavy atom. The van der Waals surface area contributed by atoms with Crippen molar-refractivity contribution in [2.24, 2.45) is 0 Å². The van der Waals surface area contributed by atoms with E-state index in [0.717, 1.165) is 6.07 Å². The van der Waals surface area contributed by atoms with E-state index in [1.165, 1.54) is 39.6 Å². The molecule has 0 saturated carbocycles. The number of piperazine rings is 1. The molecular formula is C18H21FN2O5S. The highest BCUT2D eigenvalue weighted by Gasteiger charge is 2.30. The van der Waals surface area contributed by atoms with Gasteiger partial charge >= 0.3 is 5.97 Å². The Morgan fingerprint density at radius 1 is 1.19 bits per heavy atom. The third-order valence-corrected chi connectivity index (χ3v) is 5.79. The van der Waals surface area contributed by atoms with Crippen LogP contribution in [0.4, 0.5) is 4.39 Å². The lowest BCUT2D eigenvalue weighted by Gasteiger charge is -2.33. The summed E-state index contributed by atoms with van der Waals surface area (Å²) in [6, 6.07) is 4.80. The number of sulfonamides is 1. The van der Waals surface area contributed by atoms with Crippen molar-refractivity contribution < 1.29 is 27.1 Å². The number of benzene rings is 1. The van der Waals surface area contributed by atoms with Gasteiger partial charge in [-0.15, -0.1) is 0 Å². The second kappa shape index (κ2) is 9.43. The molecule has 7 nitrogen and oxygen atoms in total. The summed E-state index contributed by atoms with van der Waals surface area (Å²) in [6.07, 6.45) is 6.10. The molecule has 0 aliphatic carbocycles. The molecule has 9 heteroatoms. The van der Waals surface area contributed by atoms with Crippen molar-refractivity contribution in [3.8, 4) is 0 Å². The predicted molar refractivity (Wildman–Crippen MR) is 96.7 cm³/mol. The van der Waals surface area contributed by atoms with Gasteiger partial charge < -0.3 is 9.64 Å². The van der Waals surface area contributed by atoms with E-state index in [2.05, 4.69) is 0 Å². The first-order valence-corrected chi connectivity index (χ1v) is 9.78. The monoisotopic (exact) mass is 396 g/mol. The molecule has 1 fully saturated rings. The van der Waals surface area contributed by atoms with Crippen LogP contribution >= 0.6 is 0 Å². The molecule has 1 aromatic rings. The average Bonchev–Trinajstić information content (AvgIpc) is 2.66. The second-order valence-corrected chi connectivity index (χ2v) is 7.67. The van der Waals surface area contributed by atoms with Crippen molar-refractivity contribution in [1.29, 1.82) is 0 Å². The number of ether oxygens (including phenoxy) is 1. The van der Waals surface area contributed by atoms with E-state index in [1.54, 1.807) is 19.1 Å². The molecule has 0 unspecified atom stereocenters. The fourth-order valence-corrected chi connectivity index (χ4v) is 3.93. The Balaban J connectivity index is 1.87. The zero-order valence-electron chi connectivity index (χ0n) is 14.9. The van der Waals surface area contributed by atoms with Crippen molar-refractivity contribution in [1.82, 2.24) is 9.21 Å². The zero-order chi connectivity index (χ0) is 19.9. The predicted octanol–water partition coefficient (Wildman–Crippen LogP) is 1.33. The van der Waals surface area contributed by atoms with E-state index in [0.29, 0.717) is 0 Å². The molecule has 0 radical (unpaired) electrons. The van der Waals surface area contributed by atoms with E-state index in [1.807, 2.05) is 0 Å². The Morgan fingerprint density at radius 2 is 1.89 bits per heavy atom. The summed E-state index contributed by atoms with van der Waals surface area (Å²) < 4.78 is 44.4. The summed E-state index contributed by atoms with van der Waals surface area (Å²) in [7, 11) is -3.82. The maximum atomic E-state index is 13.3. The van der Waals surface area contributed by atoms with Crippen molar-refractivity contribution in [2.45, 2.75) is 11.8 Å². The first-order chi connectivity index (χ1) is 12.8. The van der Waals surface area contributed by atoms with Gasteiger partial charge in [0.25, 0.3) is 5.91 Å². The lowest BCUT2D eigenvalue weighted by molar-refractivity contribution is -0.148. The quantitative estimate of drug-likeness (QED) is 0.412. The first-order valence-electron chi connectivity index (χ1n) is 8.34. The standard InChI is InChI=1S/C18H21FN2O5S/c1-2-3-4-8-18(23)26-14-17(22)20-9-11-21(12-10-20)27(24,25)16-7-5-6-15(19)13-16/h2-8,13H,9-12,14H2,1H3/b3-2+,8-4+. The number of rotatable bonds is 6. The van der Waals surface area contributed by atoms with Crippen LogP contribution in [-0.4, -0.2) is 62.3 Å². The van der Waals surface area contributed by atoms with Crippen LogP contribution in [-0.2, 0) is 24.3 Å². The normalized spacial score (nSPS) is 16.1. The van der Waals surface area contributed by atoms with Gasteiger partial charge in [0, 0.05) is 32.3 Å². The van der Waals surface area contributed by atoms with Gasteiger partial charge in [-0.05, 0) is 25.1 Å². The Hall–Kier alpha value is -2.52. The number of amides is 1. The number of carbonyl (C=O) groups excluding carboxylic acids is 2. The van der Waals surface area contributed by atoms with Gasteiger partial charge in [-0.25, -0.2) is 17.6 Å². The summed E-state index contributed by atoms with van der Waals surface area (Å²) in [6.45, 7) is 1.89. The minimum atomic E-state index is -3.82. The van der Waals surface area contributed by atoms with Gasteiger partial charge in [0.1, 0.15) is 5.82 Å². The van der Waals surface area contributed by atoms with Crippen molar-refractivity contribution in [3.05, 3.63) is 54.4 Å². The van der Waals surface area contributed by atoms with E-state index in [4.69, 9.17) is 4.74 Å². The fraction of sp³-hybridized carbons (Fsp3) is 0.333. The summed E-state index contributed by atoms with van der Waals surface area (Å²) in [5.74, 6) is -1.66. The third kappa shape index (κ3) is 5.73. The molecule has 27 heavy (non-hydrogen) atoms. The highest BCUT2D eigenvalue weighted by molar-refractivity contribution is 7.89. The van der Waals surface area contributed by atoms with E-state index in [-0.39, 0.29) is 31.1 Å². The number of halogens is 1. The molecule has 1 amide bonds. The minimum absolute atomic E-state index is 0.0831. The van der Waals surface area contributed by atoms with Crippen molar-refractivity contribution in [3.63, 3.8) is 0 Å². The number of hydrogen-bond donors (Lipinski definition) is 0. The summed E-state index contributed by atoms with van der Waals surface area (Å²) in [4.78, 5) is 24.8. The third-order valence-electron chi connectivity index (χ3n) is 3.90. The van der Waals surface area contributed by atoms with Crippen molar-refractivity contribution >= 4 is 21.9 Å². The van der Waals surface area contributed by atoms with Crippen molar-refractivity contribution in [2.75, 3.05) is 32.8 Å². The van der Waals surface area contributed by atoms with Crippen LogP contribution in [0.1, 0.15) is 6.92 Å². The van der Waals surface area contributed by atoms with E-state index in [9.17, 15) is 22.4 Å². The molecule has 1 saturated heterocycles. The topological polar surface area (TPSA) is 84.0 Å². The molecule has 1 aromatic carbocycles. The number of nitrogens with zero attached hydrogens (tertiary/aromatic N) is 2.